The summed E-state index contributed by atoms with van der Waals surface area (Å²) in [6.07, 6.45) is 1.78. The van der Waals surface area contributed by atoms with Crippen molar-refractivity contribution in [3.05, 3.63) is 12.2 Å². The first-order chi connectivity index (χ1) is 12.6. The van der Waals surface area contributed by atoms with E-state index >= 15 is 0 Å². The van der Waals surface area contributed by atoms with Crippen LogP contribution in [0.25, 0.3) is 0 Å². The summed E-state index contributed by atoms with van der Waals surface area (Å²) in [5.74, 6) is -1.93. The van der Waals surface area contributed by atoms with Crippen LogP contribution in [0.2, 0.25) is 0 Å². The Hall–Kier alpha value is -1.40. The SMILES string of the molecule is C=C1C(=O)O[C@@H]2C[C@H](C)[C@]3(OCC)CC[C@](C)(C[C@@H](OC(=O)C(C)C)[C@@H]12)O3. The molecule has 2 bridgehead atoms. The molecule has 3 fully saturated rings. The highest BCUT2D eigenvalue weighted by Gasteiger charge is 2.57. The molecule has 0 amide bonds. The average Bonchev–Trinajstić information content (AvgIpc) is 3.05. The zero-order chi connectivity index (χ0) is 20.0. The van der Waals surface area contributed by atoms with Gasteiger partial charge in [0.15, 0.2) is 5.79 Å². The molecule has 3 aliphatic heterocycles. The zero-order valence-corrected chi connectivity index (χ0v) is 17.1. The largest absolute Gasteiger partial charge is 0.461 e. The Morgan fingerprint density at radius 1 is 1.37 bits per heavy atom. The molecule has 6 atom stereocenters. The van der Waals surface area contributed by atoms with Crippen LogP contribution >= 0.6 is 0 Å². The topological polar surface area (TPSA) is 71.1 Å². The van der Waals surface area contributed by atoms with Gasteiger partial charge in [-0.2, -0.15) is 0 Å². The third-order valence-electron chi connectivity index (χ3n) is 6.24. The van der Waals surface area contributed by atoms with Crippen LogP contribution in [0.4, 0.5) is 0 Å². The zero-order valence-electron chi connectivity index (χ0n) is 17.1. The predicted molar refractivity (Wildman–Crippen MR) is 98.7 cm³/mol. The molecule has 3 aliphatic rings. The molecule has 6 nitrogen and oxygen atoms in total. The van der Waals surface area contributed by atoms with Crippen LogP contribution in [0.3, 0.4) is 0 Å². The lowest BCUT2D eigenvalue weighted by molar-refractivity contribution is -0.275. The Morgan fingerprint density at radius 2 is 2.07 bits per heavy atom. The summed E-state index contributed by atoms with van der Waals surface area (Å²) in [5.41, 5.74) is -0.104. The summed E-state index contributed by atoms with van der Waals surface area (Å²) in [6.45, 7) is 14.2. The number of rotatable bonds is 4. The van der Waals surface area contributed by atoms with E-state index in [1.807, 2.05) is 13.8 Å². The summed E-state index contributed by atoms with van der Waals surface area (Å²) < 4.78 is 24.1. The van der Waals surface area contributed by atoms with Gasteiger partial charge in [0.05, 0.1) is 17.4 Å². The van der Waals surface area contributed by atoms with Gasteiger partial charge in [-0.25, -0.2) is 4.79 Å². The van der Waals surface area contributed by atoms with Crippen LogP contribution in [0, 0.1) is 17.8 Å². The van der Waals surface area contributed by atoms with Gasteiger partial charge in [-0.3, -0.25) is 4.79 Å². The van der Waals surface area contributed by atoms with E-state index in [0.29, 0.717) is 25.0 Å². The molecule has 0 aromatic carbocycles. The lowest BCUT2D eigenvalue weighted by Gasteiger charge is -2.37. The van der Waals surface area contributed by atoms with E-state index in [1.165, 1.54) is 0 Å². The smallest absolute Gasteiger partial charge is 0.334 e. The number of ether oxygens (including phenoxy) is 4. The lowest BCUT2D eigenvalue weighted by atomic mass is 9.78. The van der Waals surface area contributed by atoms with E-state index in [4.69, 9.17) is 18.9 Å². The molecule has 0 saturated carbocycles. The number of hydrogen-bond donors (Lipinski definition) is 0. The Bertz CT molecular complexity index is 628. The fourth-order valence-electron chi connectivity index (χ4n) is 4.72. The predicted octanol–water partition coefficient (Wildman–Crippen LogP) is 3.38. The third kappa shape index (κ3) is 3.66. The number of hydrogen-bond acceptors (Lipinski definition) is 6. The third-order valence-corrected chi connectivity index (χ3v) is 6.24. The van der Waals surface area contributed by atoms with Crippen molar-refractivity contribution < 1.29 is 28.5 Å². The second-order valence-electron chi connectivity index (χ2n) is 8.76. The van der Waals surface area contributed by atoms with Crippen LogP contribution in [0.15, 0.2) is 12.2 Å². The van der Waals surface area contributed by atoms with E-state index in [1.54, 1.807) is 13.8 Å². The van der Waals surface area contributed by atoms with Crippen molar-refractivity contribution in [1.29, 1.82) is 0 Å². The summed E-state index contributed by atoms with van der Waals surface area (Å²) >= 11 is 0. The van der Waals surface area contributed by atoms with E-state index in [0.717, 1.165) is 12.8 Å². The average molecular weight is 380 g/mol. The molecule has 152 valence electrons. The molecule has 0 aromatic rings. The summed E-state index contributed by atoms with van der Waals surface area (Å²) in [4.78, 5) is 24.6. The monoisotopic (exact) mass is 380 g/mol. The van der Waals surface area contributed by atoms with Gasteiger partial charge in [-0.05, 0) is 26.7 Å². The Balaban J connectivity index is 1.98. The fraction of sp³-hybridized carbons (Fsp3) is 0.810. The maximum Gasteiger partial charge on any atom is 0.334 e. The van der Waals surface area contributed by atoms with Crippen molar-refractivity contribution in [3.8, 4) is 0 Å². The Morgan fingerprint density at radius 3 is 2.70 bits per heavy atom. The van der Waals surface area contributed by atoms with Gasteiger partial charge in [0.25, 0.3) is 0 Å². The highest BCUT2D eigenvalue weighted by atomic mass is 16.7. The maximum absolute atomic E-state index is 12.4. The van der Waals surface area contributed by atoms with Crippen LogP contribution in [0.5, 0.6) is 0 Å². The van der Waals surface area contributed by atoms with Crippen molar-refractivity contribution in [2.24, 2.45) is 17.8 Å². The van der Waals surface area contributed by atoms with E-state index in [9.17, 15) is 9.59 Å². The van der Waals surface area contributed by atoms with Gasteiger partial charge in [-0.1, -0.05) is 27.4 Å². The van der Waals surface area contributed by atoms with Crippen molar-refractivity contribution in [1.82, 2.24) is 0 Å². The molecular formula is C21H32O6. The van der Waals surface area contributed by atoms with E-state index in [-0.39, 0.29) is 29.8 Å². The summed E-state index contributed by atoms with van der Waals surface area (Å²) in [7, 11) is 0. The van der Waals surface area contributed by atoms with Crippen LogP contribution in [-0.2, 0) is 28.5 Å². The number of esters is 2. The first-order valence-corrected chi connectivity index (χ1v) is 10.0. The minimum absolute atomic E-state index is 0.0324. The van der Waals surface area contributed by atoms with Gasteiger partial charge < -0.3 is 18.9 Å². The van der Waals surface area contributed by atoms with Crippen LogP contribution in [0.1, 0.15) is 60.3 Å². The molecule has 0 radical (unpaired) electrons. The molecule has 0 unspecified atom stereocenters. The quantitative estimate of drug-likeness (QED) is 0.550. The molecule has 3 rings (SSSR count). The molecule has 3 saturated heterocycles. The lowest BCUT2D eigenvalue weighted by Crippen LogP contribution is -2.43. The van der Waals surface area contributed by atoms with Crippen molar-refractivity contribution in [2.75, 3.05) is 6.61 Å². The standard InChI is InChI=1S/C21H32O6/c1-7-24-21-9-8-20(6,27-21)11-16(26-18(22)12(2)3)17-14(5)19(23)25-15(17)10-13(21)4/h12-13,15-17H,5,7-11H2,1-4,6H3/t13-,15+,16+,17-,20+,21-/m0/s1. The molecule has 0 spiro atoms. The molecule has 0 aromatic heterocycles. The van der Waals surface area contributed by atoms with Crippen molar-refractivity contribution in [2.45, 2.75) is 83.9 Å². The fourth-order valence-corrected chi connectivity index (χ4v) is 4.72. The number of carbonyl (C=O) groups is 2. The van der Waals surface area contributed by atoms with Crippen LogP contribution in [-0.4, -0.2) is 42.1 Å². The van der Waals surface area contributed by atoms with Gasteiger partial charge in [0.1, 0.15) is 12.2 Å². The summed E-state index contributed by atoms with van der Waals surface area (Å²) in [6, 6.07) is 0. The number of carbonyl (C=O) groups excluding carboxylic acids is 2. The second-order valence-corrected chi connectivity index (χ2v) is 8.76. The normalized spacial score (nSPS) is 41.6. The van der Waals surface area contributed by atoms with Gasteiger partial charge in [0.2, 0.25) is 0 Å². The number of fused-ring (bicyclic) bond motifs is 3. The molecule has 3 heterocycles. The summed E-state index contributed by atoms with van der Waals surface area (Å²) in [5, 5.41) is 0. The van der Waals surface area contributed by atoms with Gasteiger partial charge in [0, 0.05) is 30.9 Å². The first kappa shape index (κ1) is 20.3. The highest BCUT2D eigenvalue weighted by molar-refractivity contribution is 5.91. The maximum atomic E-state index is 12.4. The second kappa shape index (κ2) is 7.21. The van der Waals surface area contributed by atoms with Crippen LogP contribution < -0.4 is 0 Å². The molecule has 27 heavy (non-hydrogen) atoms. The molecule has 6 heteroatoms. The van der Waals surface area contributed by atoms with Gasteiger partial charge in [-0.15, -0.1) is 0 Å². The van der Waals surface area contributed by atoms with E-state index in [2.05, 4.69) is 13.5 Å². The molecule has 0 N–H and O–H groups in total. The first-order valence-electron chi connectivity index (χ1n) is 10.0. The Kier molecular flexibility index (Phi) is 5.43. The van der Waals surface area contributed by atoms with E-state index < -0.39 is 23.5 Å². The minimum Gasteiger partial charge on any atom is -0.461 e. The highest BCUT2D eigenvalue weighted by Crippen LogP contribution is 2.51. The minimum atomic E-state index is -0.693. The Labute approximate surface area is 161 Å². The molecular weight excluding hydrogens is 348 g/mol. The molecule has 0 aliphatic carbocycles. The van der Waals surface area contributed by atoms with Crippen molar-refractivity contribution >= 4 is 11.9 Å². The van der Waals surface area contributed by atoms with Gasteiger partial charge >= 0.3 is 11.9 Å². The van der Waals surface area contributed by atoms with Crippen molar-refractivity contribution in [3.63, 3.8) is 0 Å².